The zero-order chi connectivity index (χ0) is 21.6. The SMILES string of the molecule is CCCN(CCc1ccccc1)C(CC)CCc1ccc(C2CC2C(F)(F)F)cc1. The molecule has 4 heteroatoms. The highest BCUT2D eigenvalue weighted by Crippen LogP contribution is 2.56. The molecule has 0 N–H and O–H groups in total. The second kappa shape index (κ2) is 10.5. The van der Waals surface area contributed by atoms with Gasteiger partial charge >= 0.3 is 6.18 Å². The molecule has 1 aliphatic carbocycles. The summed E-state index contributed by atoms with van der Waals surface area (Å²) < 4.78 is 38.4. The van der Waals surface area contributed by atoms with E-state index >= 15 is 0 Å². The third-order valence-corrected chi connectivity index (χ3v) is 6.41. The van der Waals surface area contributed by atoms with Crippen LogP contribution in [0.1, 0.15) is 62.1 Å². The minimum atomic E-state index is -4.06. The highest BCUT2D eigenvalue weighted by Gasteiger charge is 2.55. The van der Waals surface area contributed by atoms with E-state index in [4.69, 9.17) is 0 Å². The molecule has 0 aromatic heterocycles. The molecule has 0 aliphatic heterocycles. The van der Waals surface area contributed by atoms with Crippen LogP contribution >= 0.6 is 0 Å². The Morgan fingerprint density at radius 2 is 1.57 bits per heavy atom. The first-order chi connectivity index (χ1) is 14.4. The summed E-state index contributed by atoms with van der Waals surface area (Å²) in [7, 11) is 0. The van der Waals surface area contributed by atoms with Crippen LogP contribution in [0.3, 0.4) is 0 Å². The van der Waals surface area contributed by atoms with Crippen molar-refractivity contribution in [2.45, 2.75) is 70.5 Å². The van der Waals surface area contributed by atoms with Crippen molar-refractivity contribution in [2.75, 3.05) is 13.1 Å². The van der Waals surface area contributed by atoms with Gasteiger partial charge in [-0.05, 0) is 67.7 Å². The zero-order valence-corrected chi connectivity index (χ0v) is 18.2. The van der Waals surface area contributed by atoms with Crippen molar-refractivity contribution in [2.24, 2.45) is 5.92 Å². The van der Waals surface area contributed by atoms with Crippen molar-refractivity contribution in [1.29, 1.82) is 0 Å². The summed E-state index contributed by atoms with van der Waals surface area (Å²) >= 11 is 0. The molecule has 1 aliphatic rings. The molecule has 0 amide bonds. The fraction of sp³-hybridized carbons (Fsp3) is 0.538. The van der Waals surface area contributed by atoms with Crippen LogP contribution in [0.25, 0.3) is 0 Å². The summed E-state index contributed by atoms with van der Waals surface area (Å²) in [6, 6.07) is 19.0. The summed E-state index contributed by atoms with van der Waals surface area (Å²) in [5.41, 5.74) is 3.44. The minimum absolute atomic E-state index is 0.244. The Morgan fingerprint density at radius 3 is 2.13 bits per heavy atom. The van der Waals surface area contributed by atoms with Gasteiger partial charge in [0.05, 0.1) is 5.92 Å². The third kappa shape index (κ3) is 6.34. The largest absolute Gasteiger partial charge is 0.392 e. The van der Waals surface area contributed by atoms with Gasteiger partial charge in [-0.1, -0.05) is 68.4 Å². The first-order valence-corrected chi connectivity index (χ1v) is 11.4. The fourth-order valence-corrected chi connectivity index (χ4v) is 4.52. The Bertz CT molecular complexity index is 754. The summed E-state index contributed by atoms with van der Waals surface area (Å²) in [5, 5.41) is 0. The van der Waals surface area contributed by atoms with Crippen LogP contribution in [0, 0.1) is 5.92 Å². The fourth-order valence-electron chi connectivity index (χ4n) is 4.52. The van der Waals surface area contributed by atoms with Gasteiger partial charge in [0.1, 0.15) is 0 Å². The first kappa shape index (κ1) is 22.9. The highest BCUT2D eigenvalue weighted by atomic mass is 19.4. The molecule has 0 spiro atoms. The number of nitrogens with zero attached hydrogens (tertiary/aromatic N) is 1. The van der Waals surface area contributed by atoms with Gasteiger partial charge in [0.15, 0.2) is 0 Å². The van der Waals surface area contributed by atoms with E-state index in [1.807, 2.05) is 24.3 Å². The van der Waals surface area contributed by atoms with Crippen LogP contribution in [0.2, 0.25) is 0 Å². The number of aryl methyl sites for hydroxylation is 1. The van der Waals surface area contributed by atoms with Crippen LogP contribution in [-0.2, 0) is 12.8 Å². The normalized spacial score (nSPS) is 19.8. The van der Waals surface area contributed by atoms with E-state index in [9.17, 15) is 13.2 Å². The van der Waals surface area contributed by atoms with Gasteiger partial charge in [-0.2, -0.15) is 13.2 Å². The molecule has 0 bridgehead atoms. The van der Waals surface area contributed by atoms with Gasteiger partial charge in [-0.15, -0.1) is 0 Å². The van der Waals surface area contributed by atoms with Gasteiger partial charge in [-0.3, -0.25) is 0 Å². The van der Waals surface area contributed by atoms with Crippen molar-refractivity contribution >= 4 is 0 Å². The van der Waals surface area contributed by atoms with E-state index in [-0.39, 0.29) is 12.3 Å². The first-order valence-electron chi connectivity index (χ1n) is 11.4. The summed E-state index contributed by atoms with van der Waals surface area (Å²) in [4.78, 5) is 2.61. The smallest absolute Gasteiger partial charge is 0.300 e. The van der Waals surface area contributed by atoms with Gasteiger partial charge in [0.25, 0.3) is 0 Å². The molecule has 0 radical (unpaired) electrons. The molecule has 1 saturated carbocycles. The molecule has 3 unspecified atom stereocenters. The summed E-state index contributed by atoms with van der Waals surface area (Å²) in [5.74, 6) is -1.47. The molecule has 1 fully saturated rings. The molecule has 0 saturated heterocycles. The van der Waals surface area contributed by atoms with Crippen molar-refractivity contribution in [3.05, 3.63) is 71.3 Å². The number of halogens is 3. The number of hydrogen-bond acceptors (Lipinski definition) is 1. The number of hydrogen-bond donors (Lipinski definition) is 0. The maximum atomic E-state index is 12.8. The molecule has 30 heavy (non-hydrogen) atoms. The maximum absolute atomic E-state index is 12.8. The Hall–Kier alpha value is -1.81. The highest BCUT2D eigenvalue weighted by molar-refractivity contribution is 5.30. The van der Waals surface area contributed by atoms with Crippen molar-refractivity contribution in [3.8, 4) is 0 Å². The van der Waals surface area contributed by atoms with E-state index in [0.29, 0.717) is 6.04 Å². The molecule has 2 aromatic rings. The standard InChI is InChI=1S/C26H34F3N/c1-3-17-30(18-16-20-8-6-5-7-9-20)23(4-2)15-12-21-10-13-22(14-11-21)24-19-25(24)26(27,28)29/h5-11,13-14,23-25H,3-4,12,15-19H2,1-2H3. The van der Waals surface area contributed by atoms with Gasteiger partial charge in [0.2, 0.25) is 0 Å². The molecule has 2 aromatic carbocycles. The van der Waals surface area contributed by atoms with Crippen molar-refractivity contribution < 1.29 is 13.2 Å². The van der Waals surface area contributed by atoms with Gasteiger partial charge < -0.3 is 4.90 Å². The van der Waals surface area contributed by atoms with E-state index in [1.54, 1.807) is 0 Å². The lowest BCUT2D eigenvalue weighted by Gasteiger charge is -2.31. The third-order valence-electron chi connectivity index (χ3n) is 6.41. The molecule has 164 valence electrons. The quantitative estimate of drug-likeness (QED) is 0.380. The summed E-state index contributed by atoms with van der Waals surface area (Å²) in [6.45, 7) is 6.65. The lowest BCUT2D eigenvalue weighted by Crippen LogP contribution is -2.37. The molecular weight excluding hydrogens is 383 g/mol. The van der Waals surface area contributed by atoms with Crippen LogP contribution in [0.15, 0.2) is 54.6 Å². The van der Waals surface area contributed by atoms with Gasteiger partial charge in [0, 0.05) is 12.6 Å². The zero-order valence-electron chi connectivity index (χ0n) is 18.2. The average molecular weight is 418 g/mol. The number of alkyl halides is 3. The monoisotopic (exact) mass is 417 g/mol. The topological polar surface area (TPSA) is 3.24 Å². The molecule has 3 atom stereocenters. The Labute approximate surface area is 179 Å². The van der Waals surface area contributed by atoms with Crippen molar-refractivity contribution in [3.63, 3.8) is 0 Å². The number of rotatable bonds is 11. The Balaban J connectivity index is 1.52. The lowest BCUT2D eigenvalue weighted by atomic mass is 9.99. The van der Waals surface area contributed by atoms with Gasteiger partial charge in [-0.25, -0.2) is 0 Å². The van der Waals surface area contributed by atoms with E-state index in [0.717, 1.165) is 50.8 Å². The van der Waals surface area contributed by atoms with E-state index in [1.165, 1.54) is 11.1 Å². The van der Waals surface area contributed by atoms with Crippen LogP contribution in [-0.4, -0.2) is 30.2 Å². The minimum Gasteiger partial charge on any atom is -0.300 e. The summed E-state index contributed by atoms with van der Waals surface area (Å²) in [6.07, 6.45) is 1.56. The number of benzene rings is 2. The predicted molar refractivity (Wildman–Crippen MR) is 118 cm³/mol. The Morgan fingerprint density at radius 1 is 0.900 bits per heavy atom. The Kier molecular flexibility index (Phi) is 7.99. The van der Waals surface area contributed by atoms with Crippen LogP contribution in [0.5, 0.6) is 0 Å². The van der Waals surface area contributed by atoms with E-state index in [2.05, 4.69) is 49.1 Å². The molecule has 1 nitrogen and oxygen atoms in total. The van der Waals surface area contributed by atoms with Crippen LogP contribution < -0.4 is 0 Å². The molecule has 3 rings (SSSR count). The molecular formula is C26H34F3N. The second-order valence-corrected chi connectivity index (χ2v) is 8.60. The van der Waals surface area contributed by atoms with E-state index < -0.39 is 12.1 Å². The second-order valence-electron chi connectivity index (χ2n) is 8.60. The predicted octanol–water partition coefficient (Wildman–Crippen LogP) is 7.02. The van der Waals surface area contributed by atoms with Crippen LogP contribution in [0.4, 0.5) is 13.2 Å². The molecule has 0 heterocycles. The van der Waals surface area contributed by atoms with Crippen molar-refractivity contribution in [1.82, 2.24) is 4.90 Å². The maximum Gasteiger partial charge on any atom is 0.392 e. The average Bonchev–Trinajstić information content (AvgIpc) is 3.55. The lowest BCUT2D eigenvalue weighted by molar-refractivity contribution is -0.148.